The van der Waals surface area contributed by atoms with Crippen molar-refractivity contribution in [1.82, 2.24) is 10.4 Å². The molecule has 0 bridgehead atoms. The Bertz CT molecular complexity index is 601. The van der Waals surface area contributed by atoms with Crippen molar-refractivity contribution in [3.05, 3.63) is 34.4 Å². The fraction of sp³-hybridized carbons (Fsp3) is 0.167. The molecule has 0 saturated carbocycles. The number of ether oxygens (including phenoxy) is 1. The average Bonchev–Trinajstić information content (AvgIpc) is 2.36. The molecular weight excluding hydrogens is 298 g/mol. The van der Waals surface area contributed by atoms with Gasteiger partial charge >= 0.3 is 0 Å². The number of carbonyl (C=O) groups excluding carboxylic acids is 1. The summed E-state index contributed by atoms with van der Waals surface area (Å²) in [5, 5.41) is 0.856. The van der Waals surface area contributed by atoms with Crippen molar-refractivity contribution in [2.45, 2.75) is 6.92 Å². The lowest BCUT2D eigenvalue weighted by molar-refractivity contribution is -0.123. The highest BCUT2D eigenvalue weighted by Gasteiger charge is 2.08. The maximum absolute atomic E-state index is 11.1. The van der Waals surface area contributed by atoms with Crippen LogP contribution in [0.4, 0.5) is 0 Å². The van der Waals surface area contributed by atoms with Crippen LogP contribution in [0.2, 0.25) is 0 Å². The molecule has 0 saturated heterocycles. The Morgan fingerprint density at radius 2 is 2.33 bits per heavy atom. The van der Waals surface area contributed by atoms with Gasteiger partial charge in [-0.25, -0.2) is 5.84 Å². The lowest BCUT2D eigenvalue weighted by atomic mass is 10.1. The predicted octanol–water partition coefficient (Wildman–Crippen LogP) is 1.67. The van der Waals surface area contributed by atoms with E-state index >= 15 is 0 Å². The van der Waals surface area contributed by atoms with Crippen molar-refractivity contribution < 1.29 is 9.53 Å². The lowest BCUT2D eigenvalue weighted by Gasteiger charge is -2.09. The van der Waals surface area contributed by atoms with Crippen molar-refractivity contribution in [3.8, 4) is 5.75 Å². The monoisotopic (exact) mass is 309 g/mol. The van der Waals surface area contributed by atoms with Crippen molar-refractivity contribution in [3.63, 3.8) is 0 Å². The standard InChI is InChI=1S/C12H12BrN3O2/c1-7-4-8-10(18-6-11(17)16-14)2-3-15-12(8)9(13)5-7/h2-5H,6,14H2,1H3,(H,16,17). The Labute approximate surface area is 112 Å². The third kappa shape index (κ3) is 2.60. The summed E-state index contributed by atoms with van der Waals surface area (Å²) in [4.78, 5) is 15.3. The number of fused-ring (bicyclic) bond motifs is 1. The van der Waals surface area contributed by atoms with Gasteiger partial charge in [-0.2, -0.15) is 0 Å². The number of nitrogens with two attached hydrogens (primary N) is 1. The zero-order valence-electron chi connectivity index (χ0n) is 9.74. The molecule has 1 aromatic carbocycles. The highest BCUT2D eigenvalue weighted by atomic mass is 79.9. The van der Waals surface area contributed by atoms with Gasteiger partial charge in [-0.3, -0.25) is 15.2 Å². The second kappa shape index (κ2) is 5.32. The predicted molar refractivity (Wildman–Crippen MR) is 72.0 cm³/mol. The van der Waals surface area contributed by atoms with Crippen molar-refractivity contribution in [2.75, 3.05) is 6.61 Å². The van der Waals surface area contributed by atoms with Crippen LogP contribution in [0, 0.1) is 6.92 Å². The Kier molecular flexibility index (Phi) is 3.78. The number of amides is 1. The molecule has 6 heteroatoms. The van der Waals surface area contributed by atoms with Crippen molar-refractivity contribution >= 4 is 32.7 Å². The fourth-order valence-corrected chi connectivity index (χ4v) is 2.31. The molecular formula is C12H12BrN3O2. The summed E-state index contributed by atoms with van der Waals surface area (Å²) in [7, 11) is 0. The molecule has 2 rings (SSSR count). The Morgan fingerprint density at radius 3 is 3.06 bits per heavy atom. The summed E-state index contributed by atoms with van der Waals surface area (Å²) < 4.78 is 6.32. The fourth-order valence-electron chi connectivity index (χ4n) is 1.63. The highest BCUT2D eigenvalue weighted by Crippen LogP contribution is 2.30. The second-order valence-corrected chi connectivity index (χ2v) is 4.66. The molecule has 0 atom stereocenters. The Hall–Kier alpha value is -1.66. The van der Waals surface area contributed by atoms with Crippen LogP contribution in [-0.4, -0.2) is 17.5 Å². The molecule has 0 unspecified atom stereocenters. The molecule has 0 radical (unpaired) electrons. The second-order valence-electron chi connectivity index (χ2n) is 3.81. The van der Waals surface area contributed by atoms with Gasteiger partial charge < -0.3 is 4.74 Å². The number of halogens is 1. The first kappa shape index (κ1) is 12.8. The largest absolute Gasteiger partial charge is 0.483 e. The van der Waals surface area contributed by atoms with Gasteiger partial charge in [-0.05, 0) is 46.6 Å². The van der Waals surface area contributed by atoms with Gasteiger partial charge in [0.15, 0.2) is 6.61 Å². The van der Waals surface area contributed by atoms with Gasteiger partial charge in [0.25, 0.3) is 5.91 Å². The van der Waals surface area contributed by atoms with Crippen LogP contribution in [-0.2, 0) is 4.79 Å². The number of aryl methyl sites for hydroxylation is 1. The van der Waals surface area contributed by atoms with Crippen LogP contribution < -0.4 is 16.0 Å². The molecule has 2 aromatic rings. The van der Waals surface area contributed by atoms with Gasteiger partial charge in [0.05, 0.1) is 5.52 Å². The number of rotatable bonds is 3. The number of nitrogens with one attached hydrogen (secondary N) is 1. The minimum absolute atomic E-state index is 0.124. The third-order valence-corrected chi connectivity index (χ3v) is 3.03. The summed E-state index contributed by atoms with van der Waals surface area (Å²) >= 11 is 3.46. The van der Waals surface area contributed by atoms with E-state index in [0.717, 1.165) is 20.9 Å². The zero-order chi connectivity index (χ0) is 13.1. The summed E-state index contributed by atoms with van der Waals surface area (Å²) in [6.45, 7) is 1.86. The van der Waals surface area contributed by atoms with E-state index in [1.807, 2.05) is 24.5 Å². The van der Waals surface area contributed by atoms with Crippen LogP contribution >= 0.6 is 15.9 Å². The number of aromatic nitrogens is 1. The van der Waals surface area contributed by atoms with Crippen LogP contribution in [0.5, 0.6) is 5.75 Å². The number of nitrogens with zero attached hydrogens (tertiary/aromatic N) is 1. The van der Waals surface area contributed by atoms with E-state index in [9.17, 15) is 4.79 Å². The van der Waals surface area contributed by atoms with Crippen LogP contribution in [0.3, 0.4) is 0 Å². The van der Waals surface area contributed by atoms with Gasteiger partial charge in [-0.1, -0.05) is 0 Å². The van der Waals surface area contributed by atoms with Crippen LogP contribution in [0.15, 0.2) is 28.9 Å². The number of carbonyl (C=O) groups is 1. The summed E-state index contributed by atoms with van der Waals surface area (Å²) in [6.07, 6.45) is 1.64. The number of benzene rings is 1. The molecule has 18 heavy (non-hydrogen) atoms. The lowest BCUT2D eigenvalue weighted by Crippen LogP contribution is -2.34. The summed E-state index contributed by atoms with van der Waals surface area (Å²) in [5.74, 6) is 5.22. The molecule has 5 nitrogen and oxygen atoms in total. The summed E-state index contributed by atoms with van der Waals surface area (Å²) in [5.41, 5.74) is 3.89. The number of hydrogen-bond donors (Lipinski definition) is 2. The molecule has 3 N–H and O–H groups in total. The first-order valence-electron chi connectivity index (χ1n) is 5.29. The Morgan fingerprint density at radius 1 is 1.56 bits per heavy atom. The van der Waals surface area contributed by atoms with E-state index in [1.165, 1.54) is 0 Å². The normalized spacial score (nSPS) is 10.4. The van der Waals surface area contributed by atoms with E-state index in [0.29, 0.717) is 5.75 Å². The maximum Gasteiger partial charge on any atom is 0.271 e. The molecule has 0 aliphatic rings. The van der Waals surface area contributed by atoms with Gasteiger partial charge in [0, 0.05) is 16.1 Å². The van der Waals surface area contributed by atoms with E-state index in [1.54, 1.807) is 12.3 Å². The zero-order valence-corrected chi connectivity index (χ0v) is 11.3. The SMILES string of the molecule is Cc1cc(Br)c2nccc(OCC(=O)NN)c2c1. The summed E-state index contributed by atoms with van der Waals surface area (Å²) in [6, 6.07) is 5.66. The van der Waals surface area contributed by atoms with E-state index in [2.05, 4.69) is 20.9 Å². The smallest absolute Gasteiger partial charge is 0.271 e. The number of hydrazine groups is 1. The van der Waals surface area contributed by atoms with Gasteiger partial charge in [0.2, 0.25) is 0 Å². The van der Waals surface area contributed by atoms with Gasteiger partial charge in [-0.15, -0.1) is 0 Å². The topological polar surface area (TPSA) is 77.2 Å². The molecule has 94 valence electrons. The van der Waals surface area contributed by atoms with E-state index in [4.69, 9.17) is 10.6 Å². The van der Waals surface area contributed by atoms with Crippen molar-refractivity contribution in [1.29, 1.82) is 0 Å². The highest BCUT2D eigenvalue weighted by molar-refractivity contribution is 9.10. The molecule has 0 aliphatic heterocycles. The van der Waals surface area contributed by atoms with Gasteiger partial charge in [0.1, 0.15) is 5.75 Å². The molecule has 0 spiro atoms. The molecule has 1 heterocycles. The maximum atomic E-state index is 11.1. The molecule has 1 amide bonds. The van der Waals surface area contributed by atoms with Crippen molar-refractivity contribution in [2.24, 2.45) is 5.84 Å². The Balaban J connectivity index is 2.41. The van der Waals surface area contributed by atoms with E-state index in [-0.39, 0.29) is 12.5 Å². The van der Waals surface area contributed by atoms with E-state index < -0.39 is 0 Å². The third-order valence-electron chi connectivity index (χ3n) is 2.42. The first-order chi connectivity index (χ1) is 8.61. The molecule has 0 fully saturated rings. The van der Waals surface area contributed by atoms with Crippen LogP contribution in [0.25, 0.3) is 10.9 Å². The number of pyridine rings is 1. The molecule has 1 aromatic heterocycles. The minimum Gasteiger partial charge on any atom is -0.483 e. The van der Waals surface area contributed by atoms with Crippen LogP contribution in [0.1, 0.15) is 5.56 Å². The average molecular weight is 310 g/mol. The first-order valence-corrected chi connectivity index (χ1v) is 6.08. The minimum atomic E-state index is -0.383. The number of hydrogen-bond acceptors (Lipinski definition) is 4. The quantitative estimate of drug-likeness (QED) is 0.514. The molecule has 0 aliphatic carbocycles.